The molecule has 1 aromatic carbocycles. The van der Waals surface area contributed by atoms with E-state index in [1.807, 2.05) is 44.1 Å². The zero-order valence-electron chi connectivity index (χ0n) is 19.4. The van der Waals surface area contributed by atoms with Crippen molar-refractivity contribution in [3.05, 3.63) is 35.9 Å². The number of rotatable bonds is 11. The molecule has 1 saturated heterocycles. The minimum absolute atomic E-state index is 0.0607. The van der Waals surface area contributed by atoms with E-state index < -0.39 is 6.04 Å². The quantitative estimate of drug-likeness (QED) is 0.561. The van der Waals surface area contributed by atoms with Crippen molar-refractivity contribution >= 4 is 17.6 Å². The van der Waals surface area contributed by atoms with Crippen LogP contribution in [0.2, 0.25) is 0 Å². The Kier molecular flexibility index (Phi) is 9.19. The van der Waals surface area contributed by atoms with Gasteiger partial charge in [-0.1, -0.05) is 39.0 Å². The first-order valence-corrected chi connectivity index (χ1v) is 11.0. The molecule has 0 aliphatic carbocycles. The summed E-state index contributed by atoms with van der Waals surface area (Å²) in [4.78, 5) is 39.1. The lowest BCUT2D eigenvalue weighted by molar-refractivity contribution is -0.127. The molecule has 3 atom stereocenters. The van der Waals surface area contributed by atoms with E-state index in [2.05, 4.69) is 24.5 Å². The van der Waals surface area contributed by atoms with Crippen molar-refractivity contribution in [3.8, 4) is 0 Å². The molecule has 1 aliphatic rings. The second-order valence-corrected chi connectivity index (χ2v) is 9.42. The molecule has 3 unspecified atom stereocenters. The minimum Gasteiger partial charge on any atom is -0.368 e. The molecule has 1 aliphatic heterocycles. The third-order valence-electron chi connectivity index (χ3n) is 6.25. The molecule has 7 nitrogen and oxygen atoms in total. The summed E-state index contributed by atoms with van der Waals surface area (Å²) in [5.74, 6) is -0.204. The van der Waals surface area contributed by atoms with Crippen LogP contribution in [0.15, 0.2) is 30.3 Å². The monoisotopic (exact) mass is 431 g/mol. The van der Waals surface area contributed by atoms with E-state index in [0.717, 1.165) is 13.0 Å². The summed E-state index contributed by atoms with van der Waals surface area (Å²) in [6, 6.07) is 8.56. The number of benzene rings is 1. The smallest absolute Gasteiger partial charge is 0.251 e. The fourth-order valence-corrected chi connectivity index (χ4v) is 3.61. The summed E-state index contributed by atoms with van der Waals surface area (Å²) < 4.78 is 5.58. The number of hydrogen-bond acceptors (Lipinski definition) is 5. The highest BCUT2D eigenvalue weighted by molar-refractivity contribution is 5.94. The molecule has 1 aromatic rings. The maximum atomic E-state index is 12.7. The van der Waals surface area contributed by atoms with Gasteiger partial charge in [-0.2, -0.15) is 0 Å². The van der Waals surface area contributed by atoms with Crippen molar-refractivity contribution < 1.29 is 19.1 Å². The zero-order valence-corrected chi connectivity index (χ0v) is 19.4. The van der Waals surface area contributed by atoms with Crippen LogP contribution in [-0.4, -0.2) is 68.4 Å². The Morgan fingerprint density at radius 2 is 1.90 bits per heavy atom. The lowest BCUT2D eigenvalue weighted by Gasteiger charge is -2.32. The van der Waals surface area contributed by atoms with Crippen molar-refractivity contribution in [3.63, 3.8) is 0 Å². The molecule has 31 heavy (non-hydrogen) atoms. The SMILES string of the molecule is CC(CC(=O)NC1C(=O)COC1CCN(C)C)C(C)(C)CCNC(=O)c1ccccc1. The van der Waals surface area contributed by atoms with Gasteiger partial charge in [0, 0.05) is 25.1 Å². The van der Waals surface area contributed by atoms with E-state index in [-0.39, 0.29) is 41.6 Å². The molecule has 0 radical (unpaired) electrons. The van der Waals surface area contributed by atoms with E-state index in [1.165, 1.54) is 0 Å². The maximum absolute atomic E-state index is 12.7. The molecule has 2 N–H and O–H groups in total. The molecule has 0 spiro atoms. The fourth-order valence-electron chi connectivity index (χ4n) is 3.61. The zero-order chi connectivity index (χ0) is 23.0. The summed E-state index contributed by atoms with van der Waals surface area (Å²) in [7, 11) is 3.94. The van der Waals surface area contributed by atoms with E-state index in [0.29, 0.717) is 24.9 Å². The maximum Gasteiger partial charge on any atom is 0.251 e. The van der Waals surface area contributed by atoms with E-state index in [9.17, 15) is 14.4 Å². The van der Waals surface area contributed by atoms with Crippen LogP contribution in [0.1, 0.15) is 50.4 Å². The van der Waals surface area contributed by atoms with E-state index >= 15 is 0 Å². The first kappa shape index (κ1) is 25.0. The number of nitrogens with zero attached hydrogens (tertiary/aromatic N) is 1. The van der Waals surface area contributed by atoms with Gasteiger partial charge in [-0.15, -0.1) is 0 Å². The van der Waals surface area contributed by atoms with Gasteiger partial charge in [-0.05, 0) is 50.4 Å². The lowest BCUT2D eigenvalue weighted by Crippen LogP contribution is -2.46. The largest absolute Gasteiger partial charge is 0.368 e. The highest BCUT2D eigenvalue weighted by Gasteiger charge is 2.37. The average Bonchev–Trinajstić information content (AvgIpc) is 3.06. The minimum atomic E-state index is -0.562. The summed E-state index contributed by atoms with van der Waals surface area (Å²) in [5.41, 5.74) is 0.488. The van der Waals surface area contributed by atoms with Gasteiger partial charge in [-0.3, -0.25) is 14.4 Å². The summed E-state index contributed by atoms with van der Waals surface area (Å²) in [5, 5.41) is 5.85. The van der Waals surface area contributed by atoms with Crippen LogP contribution in [-0.2, 0) is 14.3 Å². The van der Waals surface area contributed by atoms with Crippen molar-refractivity contribution in [1.82, 2.24) is 15.5 Å². The lowest BCUT2D eigenvalue weighted by atomic mass is 9.75. The van der Waals surface area contributed by atoms with E-state index in [1.54, 1.807) is 12.1 Å². The van der Waals surface area contributed by atoms with Crippen molar-refractivity contribution in [2.24, 2.45) is 11.3 Å². The van der Waals surface area contributed by atoms with Crippen LogP contribution in [0, 0.1) is 11.3 Å². The van der Waals surface area contributed by atoms with Crippen LogP contribution in [0.3, 0.4) is 0 Å². The number of amides is 2. The standard InChI is InChI=1S/C24H37N3O4/c1-17(24(2,3)12-13-25-23(30)18-9-7-6-8-10-18)15-21(29)26-22-19(28)16-31-20(22)11-14-27(4)5/h6-10,17,20,22H,11-16H2,1-5H3,(H,25,30)(H,26,29). The summed E-state index contributed by atoms with van der Waals surface area (Å²) in [6.07, 6.45) is 1.50. The number of hydrogen-bond donors (Lipinski definition) is 2. The van der Waals surface area contributed by atoms with Crippen molar-refractivity contribution in [2.45, 2.75) is 52.2 Å². The molecule has 7 heteroatoms. The number of Topliss-reactive ketones (excluding diaryl/α,β-unsaturated/α-hetero) is 1. The first-order valence-electron chi connectivity index (χ1n) is 11.0. The van der Waals surface area contributed by atoms with Crippen molar-refractivity contribution in [2.75, 3.05) is 33.8 Å². The highest BCUT2D eigenvalue weighted by Crippen LogP contribution is 2.32. The second kappa shape index (κ2) is 11.4. The van der Waals surface area contributed by atoms with Gasteiger partial charge in [-0.25, -0.2) is 0 Å². The van der Waals surface area contributed by atoms with Gasteiger partial charge in [0.25, 0.3) is 5.91 Å². The molecular weight excluding hydrogens is 394 g/mol. The van der Waals surface area contributed by atoms with Gasteiger partial charge < -0.3 is 20.3 Å². The normalized spacial score (nSPS) is 20.0. The Morgan fingerprint density at radius 3 is 2.55 bits per heavy atom. The first-order chi connectivity index (χ1) is 14.6. The predicted octanol–water partition coefficient (Wildman–Crippen LogP) is 2.26. The Bertz CT molecular complexity index is 748. The molecule has 0 saturated carbocycles. The average molecular weight is 432 g/mol. The van der Waals surface area contributed by atoms with Crippen LogP contribution in [0.25, 0.3) is 0 Å². The van der Waals surface area contributed by atoms with Gasteiger partial charge >= 0.3 is 0 Å². The third kappa shape index (κ3) is 7.74. The predicted molar refractivity (Wildman–Crippen MR) is 121 cm³/mol. The Labute approximate surface area is 185 Å². The van der Waals surface area contributed by atoms with Crippen molar-refractivity contribution in [1.29, 1.82) is 0 Å². The Morgan fingerprint density at radius 1 is 1.23 bits per heavy atom. The molecule has 1 fully saturated rings. The van der Waals surface area contributed by atoms with Crippen LogP contribution in [0.4, 0.5) is 0 Å². The van der Waals surface area contributed by atoms with Gasteiger partial charge in [0.05, 0.1) is 6.10 Å². The van der Waals surface area contributed by atoms with Crippen LogP contribution < -0.4 is 10.6 Å². The topological polar surface area (TPSA) is 87.7 Å². The third-order valence-corrected chi connectivity index (χ3v) is 6.25. The highest BCUT2D eigenvalue weighted by atomic mass is 16.5. The number of nitrogens with one attached hydrogen (secondary N) is 2. The number of carbonyl (C=O) groups excluding carboxylic acids is 3. The number of ketones is 1. The molecular formula is C24H37N3O4. The van der Waals surface area contributed by atoms with Gasteiger partial charge in [0.15, 0.2) is 5.78 Å². The summed E-state index contributed by atoms with van der Waals surface area (Å²) in [6.45, 7) is 7.63. The molecule has 0 aromatic heterocycles. The van der Waals surface area contributed by atoms with Gasteiger partial charge in [0.1, 0.15) is 12.6 Å². The van der Waals surface area contributed by atoms with E-state index in [4.69, 9.17) is 4.74 Å². The molecule has 2 amide bonds. The molecule has 2 rings (SSSR count). The van der Waals surface area contributed by atoms with Gasteiger partial charge in [0.2, 0.25) is 5.91 Å². The molecule has 1 heterocycles. The second-order valence-electron chi connectivity index (χ2n) is 9.42. The van der Waals surface area contributed by atoms with Crippen LogP contribution in [0.5, 0.6) is 0 Å². The number of ether oxygens (including phenoxy) is 1. The molecule has 172 valence electrons. The molecule has 0 bridgehead atoms. The summed E-state index contributed by atoms with van der Waals surface area (Å²) >= 11 is 0. The fraction of sp³-hybridized carbons (Fsp3) is 0.625. The Balaban J connectivity index is 1.80. The number of carbonyl (C=O) groups is 3. The van der Waals surface area contributed by atoms with Crippen LogP contribution >= 0.6 is 0 Å². The Hall–Kier alpha value is -2.25.